The molecule has 3 rings (SSSR count). The van der Waals surface area contributed by atoms with Gasteiger partial charge in [0.1, 0.15) is 5.60 Å². The summed E-state index contributed by atoms with van der Waals surface area (Å²) in [4.78, 5) is 36.9. The number of nitrogens with one attached hydrogen (secondary N) is 1. The zero-order chi connectivity index (χ0) is 22.1. The Bertz CT molecular complexity index is 739. The van der Waals surface area contributed by atoms with Gasteiger partial charge in [-0.2, -0.15) is 0 Å². The average molecular weight is 442 g/mol. The van der Waals surface area contributed by atoms with Crippen LogP contribution in [0.5, 0.6) is 0 Å². The molecule has 0 aromatic carbocycles. The number of hydrogen-bond acceptors (Lipinski definition) is 7. The van der Waals surface area contributed by atoms with E-state index in [2.05, 4.69) is 5.32 Å². The normalized spacial score (nSPS) is 17.0. The van der Waals surface area contributed by atoms with Gasteiger partial charge in [-0.1, -0.05) is 0 Å². The zero-order valence-electron chi connectivity index (χ0n) is 17.6. The van der Waals surface area contributed by atoms with Crippen LogP contribution in [0.15, 0.2) is 6.07 Å². The van der Waals surface area contributed by atoms with E-state index in [1.807, 2.05) is 13.0 Å². The van der Waals surface area contributed by atoms with Gasteiger partial charge in [-0.25, -0.2) is 0 Å². The number of carbonyl (C=O) groups is 3. The third-order valence-electron chi connectivity index (χ3n) is 5.03. The van der Waals surface area contributed by atoms with Gasteiger partial charge < -0.3 is 30.5 Å². The molecule has 1 saturated heterocycles. The number of nitrogens with two attached hydrogens (primary N) is 1. The van der Waals surface area contributed by atoms with Crippen LogP contribution in [0.25, 0.3) is 0 Å². The molecule has 0 radical (unpaired) electrons. The molecule has 2 aliphatic heterocycles. The average Bonchev–Trinajstić information content (AvgIpc) is 3.17. The van der Waals surface area contributed by atoms with Crippen LogP contribution >= 0.6 is 11.3 Å². The topological polar surface area (TPSA) is 131 Å². The van der Waals surface area contributed by atoms with Crippen LogP contribution in [0, 0.1) is 0 Å². The van der Waals surface area contributed by atoms with Crippen molar-refractivity contribution in [2.45, 2.75) is 38.7 Å². The number of rotatable bonds is 6. The van der Waals surface area contributed by atoms with Crippen molar-refractivity contribution < 1.29 is 29.0 Å². The van der Waals surface area contributed by atoms with Gasteiger partial charge in [-0.15, -0.1) is 11.3 Å². The number of nitrogens with zero attached hydrogens (tertiary/aromatic N) is 1. The van der Waals surface area contributed by atoms with Crippen molar-refractivity contribution in [1.82, 2.24) is 10.2 Å². The minimum atomic E-state index is -0.833. The molecule has 0 bridgehead atoms. The van der Waals surface area contributed by atoms with Crippen molar-refractivity contribution in [3.8, 4) is 0 Å². The summed E-state index contributed by atoms with van der Waals surface area (Å²) in [6.07, 6.45) is 2.32. The van der Waals surface area contributed by atoms with Crippen molar-refractivity contribution in [3.63, 3.8) is 0 Å². The van der Waals surface area contributed by atoms with Crippen molar-refractivity contribution >= 4 is 29.1 Å². The Labute approximate surface area is 180 Å². The molecule has 4 N–H and O–H groups in total. The number of amides is 2. The fourth-order valence-electron chi connectivity index (χ4n) is 3.62. The first-order valence-electron chi connectivity index (χ1n) is 10.1. The maximum Gasteiger partial charge on any atom is 0.300 e. The number of thiophene rings is 1. The van der Waals surface area contributed by atoms with Gasteiger partial charge in [0.2, 0.25) is 5.91 Å². The summed E-state index contributed by atoms with van der Waals surface area (Å²) in [5.74, 6) is -0.911. The van der Waals surface area contributed by atoms with Crippen molar-refractivity contribution in [1.29, 1.82) is 0 Å². The Balaban J connectivity index is 0.000000735. The number of likely N-dealkylation sites (tertiary alicyclic amines) is 1. The van der Waals surface area contributed by atoms with E-state index in [-0.39, 0.29) is 24.0 Å². The molecule has 168 valence electrons. The molecular weight excluding hydrogens is 410 g/mol. The van der Waals surface area contributed by atoms with E-state index in [1.165, 1.54) is 16.9 Å². The van der Waals surface area contributed by atoms with Crippen LogP contribution in [0.4, 0.5) is 0 Å². The Kier molecular flexibility index (Phi) is 9.22. The molecular formula is C20H31N3O6S. The lowest BCUT2D eigenvalue weighted by molar-refractivity contribution is -0.139. The van der Waals surface area contributed by atoms with E-state index >= 15 is 0 Å². The smallest absolute Gasteiger partial charge is 0.300 e. The Morgan fingerprint density at radius 2 is 2.03 bits per heavy atom. The molecule has 1 fully saturated rings. The van der Waals surface area contributed by atoms with Crippen LogP contribution in [0.2, 0.25) is 0 Å². The number of carboxylic acids is 1. The number of aliphatic carboxylic acids is 1. The summed E-state index contributed by atoms with van der Waals surface area (Å²) in [5, 5.41) is 10.3. The van der Waals surface area contributed by atoms with Gasteiger partial charge in [0, 0.05) is 38.0 Å². The monoisotopic (exact) mass is 441 g/mol. The van der Waals surface area contributed by atoms with Crippen LogP contribution in [-0.4, -0.2) is 73.8 Å². The lowest BCUT2D eigenvalue weighted by Crippen LogP contribution is -2.49. The fraction of sp³-hybridized carbons (Fsp3) is 0.650. The summed E-state index contributed by atoms with van der Waals surface area (Å²) >= 11 is 1.52. The van der Waals surface area contributed by atoms with E-state index in [1.54, 1.807) is 4.90 Å². The standard InChI is InChI=1S/C18H27N3O4S.C2H4O2/c1-2-24-10-6-20-17(23)14-11-13-3-9-25-18(16(13)26-14)4-7-21(8-5-18)15(22)12-19;1-2(3)4/h11H,2-10,12,19H2,1H3,(H,20,23);1H3,(H,3,4). The second-order valence-electron chi connectivity index (χ2n) is 7.11. The number of ether oxygens (including phenoxy) is 2. The van der Waals surface area contributed by atoms with Gasteiger partial charge >= 0.3 is 0 Å². The molecule has 0 unspecified atom stereocenters. The fourth-order valence-corrected chi connectivity index (χ4v) is 4.95. The third-order valence-corrected chi connectivity index (χ3v) is 6.39. The number of carboxylic acid groups (broad SMARTS) is 1. The molecule has 2 amide bonds. The highest BCUT2D eigenvalue weighted by Gasteiger charge is 2.43. The summed E-state index contributed by atoms with van der Waals surface area (Å²) in [6, 6.07) is 2.00. The van der Waals surface area contributed by atoms with Gasteiger partial charge in [0.05, 0.1) is 24.6 Å². The lowest BCUT2D eigenvalue weighted by atomic mass is 9.85. The first-order chi connectivity index (χ1) is 14.3. The Hall–Kier alpha value is -2.01. The van der Waals surface area contributed by atoms with Crippen LogP contribution < -0.4 is 11.1 Å². The zero-order valence-corrected chi connectivity index (χ0v) is 18.4. The van der Waals surface area contributed by atoms with Crippen LogP contribution in [0.1, 0.15) is 46.8 Å². The summed E-state index contributed by atoms with van der Waals surface area (Å²) < 4.78 is 11.4. The van der Waals surface area contributed by atoms with Crippen LogP contribution in [-0.2, 0) is 31.1 Å². The highest BCUT2D eigenvalue weighted by atomic mass is 32.1. The molecule has 0 saturated carbocycles. The number of piperidine rings is 1. The van der Waals surface area contributed by atoms with Crippen molar-refractivity contribution in [2.75, 3.05) is 46.0 Å². The SMILES string of the molecule is CC(=O)O.CCOCCNC(=O)c1cc2c(s1)C1(CCN(C(=O)CN)CC1)OCC2. The number of carbonyl (C=O) groups excluding carboxylic acids is 2. The molecule has 0 atom stereocenters. The van der Waals surface area contributed by atoms with E-state index in [0.29, 0.717) is 39.5 Å². The minimum absolute atomic E-state index is 0.0172. The summed E-state index contributed by atoms with van der Waals surface area (Å²) in [7, 11) is 0. The predicted molar refractivity (Wildman–Crippen MR) is 113 cm³/mol. The first-order valence-corrected chi connectivity index (χ1v) is 10.9. The van der Waals surface area contributed by atoms with Gasteiger partial charge in [0.15, 0.2) is 0 Å². The summed E-state index contributed by atoms with van der Waals surface area (Å²) in [6.45, 7) is 6.67. The Morgan fingerprint density at radius 1 is 1.37 bits per heavy atom. The largest absolute Gasteiger partial charge is 0.481 e. The first kappa shape index (κ1) is 24.3. The highest BCUT2D eigenvalue weighted by Crippen LogP contribution is 2.45. The highest BCUT2D eigenvalue weighted by molar-refractivity contribution is 7.14. The van der Waals surface area contributed by atoms with Crippen molar-refractivity contribution in [2.24, 2.45) is 5.73 Å². The predicted octanol–water partition coefficient (Wildman–Crippen LogP) is 0.954. The maximum absolute atomic E-state index is 12.4. The Morgan fingerprint density at radius 3 is 2.63 bits per heavy atom. The third kappa shape index (κ3) is 6.24. The van der Waals surface area contributed by atoms with Crippen molar-refractivity contribution in [3.05, 3.63) is 21.4 Å². The molecule has 1 spiro atoms. The number of fused-ring (bicyclic) bond motifs is 2. The molecule has 30 heavy (non-hydrogen) atoms. The van der Waals surface area contributed by atoms with E-state index in [0.717, 1.165) is 35.9 Å². The molecule has 2 aliphatic rings. The molecule has 1 aromatic heterocycles. The quantitative estimate of drug-likeness (QED) is 0.560. The molecule has 3 heterocycles. The second kappa shape index (κ2) is 11.4. The van der Waals surface area contributed by atoms with Gasteiger partial charge in [0.25, 0.3) is 11.9 Å². The van der Waals surface area contributed by atoms with Gasteiger partial charge in [-0.3, -0.25) is 14.4 Å². The summed E-state index contributed by atoms with van der Waals surface area (Å²) in [5.41, 5.74) is 6.31. The number of hydrogen-bond donors (Lipinski definition) is 3. The molecule has 0 aliphatic carbocycles. The minimum Gasteiger partial charge on any atom is -0.481 e. The van der Waals surface area contributed by atoms with E-state index in [9.17, 15) is 9.59 Å². The molecule has 9 nitrogen and oxygen atoms in total. The second-order valence-corrected chi connectivity index (χ2v) is 8.17. The van der Waals surface area contributed by atoms with E-state index < -0.39 is 5.97 Å². The van der Waals surface area contributed by atoms with Gasteiger partial charge in [-0.05, 0) is 37.8 Å². The molecule has 10 heteroatoms. The molecule has 1 aromatic rings. The lowest BCUT2D eigenvalue weighted by Gasteiger charge is -2.43. The van der Waals surface area contributed by atoms with E-state index in [4.69, 9.17) is 25.1 Å². The maximum atomic E-state index is 12.4. The van der Waals surface area contributed by atoms with Crippen LogP contribution in [0.3, 0.4) is 0 Å².